The molecule has 10 nitrogen and oxygen atoms in total. The van der Waals surface area contributed by atoms with Crippen molar-refractivity contribution >= 4 is 5.91 Å². The lowest BCUT2D eigenvalue weighted by molar-refractivity contribution is -0.120. The van der Waals surface area contributed by atoms with Crippen LogP contribution in [0.3, 0.4) is 0 Å². The van der Waals surface area contributed by atoms with Crippen LogP contribution in [0.1, 0.15) is 24.6 Å². The zero-order valence-corrected chi connectivity index (χ0v) is 10.4. The first-order valence-corrected chi connectivity index (χ1v) is 5.94. The maximum Gasteiger partial charge on any atom is 0.220 e. The van der Waals surface area contributed by atoms with Crippen LogP contribution in [0.15, 0.2) is 6.33 Å². The summed E-state index contributed by atoms with van der Waals surface area (Å²) in [5.74, 6) is -0.761. The number of rotatable bonds is 5. The van der Waals surface area contributed by atoms with E-state index in [4.69, 9.17) is 15.6 Å². The minimum atomic E-state index is -1.30. The van der Waals surface area contributed by atoms with Crippen molar-refractivity contribution in [2.24, 2.45) is 5.73 Å². The van der Waals surface area contributed by atoms with Gasteiger partial charge in [-0.1, -0.05) is 0 Å². The van der Waals surface area contributed by atoms with Crippen molar-refractivity contribution < 1.29 is 30.0 Å². The summed E-state index contributed by atoms with van der Waals surface area (Å²) in [7, 11) is 0. The molecule has 0 aliphatic carbocycles. The van der Waals surface area contributed by atoms with Gasteiger partial charge < -0.3 is 30.9 Å². The fraction of sp³-hybridized carbons (Fsp3) is 0.700. The molecule has 1 aliphatic rings. The van der Waals surface area contributed by atoms with E-state index in [1.807, 2.05) is 0 Å². The third-order valence-electron chi connectivity index (χ3n) is 3.00. The summed E-state index contributed by atoms with van der Waals surface area (Å²) in [6, 6.07) is 0. The zero-order chi connectivity index (χ0) is 14.9. The Morgan fingerprint density at radius 2 is 2.20 bits per heavy atom. The highest BCUT2D eigenvalue weighted by molar-refractivity contribution is 5.74. The van der Waals surface area contributed by atoms with Crippen LogP contribution in [0.4, 0.5) is 0 Å². The monoisotopic (exact) mass is 288 g/mol. The maximum absolute atomic E-state index is 10.7. The number of carbonyl (C=O) groups is 1. The first kappa shape index (κ1) is 14.8. The van der Waals surface area contributed by atoms with E-state index in [0.717, 1.165) is 4.68 Å². The molecule has 5 atom stereocenters. The highest BCUT2D eigenvalue weighted by atomic mass is 16.6. The van der Waals surface area contributed by atoms with Gasteiger partial charge in [0.15, 0.2) is 12.1 Å². The first-order chi connectivity index (χ1) is 9.43. The molecule has 0 bridgehead atoms. The molecule has 1 unspecified atom stereocenters. The van der Waals surface area contributed by atoms with Crippen molar-refractivity contribution in [2.75, 3.05) is 6.61 Å². The van der Waals surface area contributed by atoms with Crippen LogP contribution in [-0.4, -0.2) is 66.0 Å². The van der Waals surface area contributed by atoms with E-state index < -0.39 is 43.2 Å². The predicted molar refractivity (Wildman–Crippen MR) is 61.8 cm³/mol. The van der Waals surface area contributed by atoms with Gasteiger partial charge in [0.25, 0.3) is 0 Å². The average Bonchev–Trinajstić information content (AvgIpc) is 2.96. The number of nitrogens with two attached hydrogens (primary N) is 1. The minimum absolute atomic E-state index is 0.0541. The maximum atomic E-state index is 10.7. The topological polar surface area (TPSA) is 164 Å². The number of hydrogen-bond donors (Lipinski definition) is 5. The number of ether oxygens (including phenoxy) is 1. The van der Waals surface area contributed by atoms with E-state index in [9.17, 15) is 20.1 Å². The summed E-state index contributed by atoms with van der Waals surface area (Å²) in [4.78, 5) is 14.5. The molecule has 1 aliphatic heterocycles. The van der Waals surface area contributed by atoms with E-state index in [0.29, 0.717) is 0 Å². The van der Waals surface area contributed by atoms with E-state index in [2.05, 4.69) is 10.1 Å². The fourth-order valence-electron chi connectivity index (χ4n) is 1.94. The lowest BCUT2D eigenvalue weighted by Gasteiger charge is -2.14. The minimum Gasteiger partial charge on any atom is -0.394 e. The summed E-state index contributed by atoms with van der Waals surface area (Å²) >= 11 is 0. The van der Waals surface area contributed by atoms with Crippen LogP contribution >= 0.6 is 0 Å². The standard InChI is InChI=1S/C10H16N4O6/c11-6(17)1-4(16)9-12-3-14(13-9)10-8(19)7(18)5(2-15)20-10/h3-5,7-8,10,15-16,18-19H,1-2H2,(H2,11,17)/t4?,5-,7-,8-,10-/m1/s1. The average molecular weight is 288 g/mol. The molecule has 1 saturated heterocycles. The van der Waals surface area contributed by atoms with Crippen molar-refractivity contribution in [1.29, 1.82) is 0 Å². The molecule has 0 aromatic carbocycles. The normalized spacial score (nSPS) is 31.4. The summed E-state index contributed by atoms with van der Waals surface area (Å²) in [6.07, 6.45) is -4.93. The van der Waals surface area contributed by atoms with Gasteiger partial charge in [0.2, 0.25) is 5.91 Å². The van der Waals surface area contributed by atoms with Crippen LogP contribution in [-0.2, 0) is 9.53 Å². The van der Waals surface area contributed by atoms with Gasteiger partial charge in [-0.25, -0.2) is 9.67 Å². The van der Waals surface area contributed by atoms with Gasteiger partial charge in [0.1, 0.15) is 30.7 Å². The molecule has 1 fully saturated rings. The summed E-state index contributed by atoms with van der Waals surface area (Å²) < 4.78 is 6.33. The molecular formula is C10H16N4O6. The fourth-order valence-corrected chi connectivity index (χ4v) is 1.94. The molecule has 0 spiro atoms. The van der Waals surface area contributed by atoms with Crippen LogP contribution in [0.5, 0.6) is 0 Å². The molecule has 2 heterocycles. The molecule has 2 rings (SSSR count). The number of hydrogen-bond acceptors (Lipinski definition) is 8. The molecule has 0 saturated carbocycles. The largest absolute Gasteiger partial charge is 0.394 e. The summed E-state index contributed by atoms with van der Waals surface area (Å²) in [5.41, 5.74) is 4.95. The van der Waals surface area contributed by atoms with Crippen LogP contribution < -0.4 is 5.73 Å². The Morgan fingerprint density at radius 3 is 2.75 bits per heavy atom. The molecule has 0 radical (unpaired) electrons. The number of amides is 1. The zero-order valence-electron chi connectivity index (χ0n) is 10.4. The second kappa shape index (κ2) is 5.81. The van der Waals surface area contributed by atoms with Crippen molar-refractivity contribution in [1.82, 2.24) is 14.8 Å². The number of carbonyl (C=O) groups excluding carboxylic acids is 1. The highest BCUT2D eigenvalue weighted by Gasteiger charge is 2.44. The summed E-state index contributed by atoms with van der Waals surface area (Å²) in [6.45, 7) is -0.458. The van der Waals surface area contributed by atoms with Crippen molar-refractivity contribution in [2.45, 2.75) is 37.1 Å². The van der Waals surface area contributed by atoms with Crippen molar-refractivity contribution in [3.63, 3.8) is 0 Å². The number of primary amides is 1. The van der Waals surface area contributed by atoms with Crippen LogP contribution in [0.25, 0.3) is 0 Å². The second-order valence-corrected chi connectivity index (χ2v) is 4.50. The van der Waals surface area contributed by atoms with E-state index >= 15 is 0 Å². The predicted octanol–water partition coefficient (Wildman–Crippen LogP) is -3.20. The Balaban J connectivity index is 2.11. The number of aliphatic hydroxyl groups is 4. The molecule has 6 N–H and O–H groups in total. The smallest absolute Gasteiger partial charge is 0.220 e. The molecule has 1 amide bonds. The Hall–Kier alpha value is -1.59. The third-order valence-corrected chi connectivity index (χ3v) is 3.00. The molecule has 1 aromatic rings. The van der Waals surface area contributed by atoms with Gasteiger partial charge in [-0.2, -0.15) is 5.10 Å². The first-order valence-electron chi connectivity index (χ1n) is 5.94. The number of aromatic nitrogens is 3. The van der Waals surface area contributed by atoms with Gasteiger partial charge in [-0.05, 0) is 0 Å². The lowest BCUT2D eigenvalue weighted by atomic mass is 10.1. The second-order valence-electron chi connectivity index (χ2n) is 4.50. The van der Waals surface area contributed by atoms with Crippen LogP contribution in [0.2, 0.25) is 0 Å². The quantitative estimate of drug-likeness (QED) is 0.378. The third kappa shape index (κ3) is 2.78. The Morgan fingerprint density at radius 1 is 1.50 bits per heavy atom. The lowest BCUT2D eigenvalue weighted by Crippen LogP contribution is -2.33. The van der Waals surface area contributed by atoms with Crippen LogP contribution in [0, 0.1) is 0 Å². The Labute approximate surface area is 113 Å². The molecule has 10 heteroatoms. The van der Waals surface area contributed by atoms with Crippen molar-refractivity contribution in [3.8, 4) is 0 Å². The SMILES string of the molecule is NC(=O)CC(O)c1ncn([C@@H]2O[C@H](CO)[C@@H](O)[C@H]2O)n1. The molecule has 112 valence electrons. The van der Waals surface area contributed by atoms with E-state index in [1.54, 1.807) is 0 Å². The summed E-state index contributed by atoms with van der Waals surface area (Å²) in [5, 5.41) is 41.9. The molecule has 1 aromatic heterocycles. The van der Waals surface area contributed by atoms with Gasteiger partial charge in [0, 0.05) is 0 Å². The number of aliphatic hydroxyl groups excluding tert-OH is 4. The van der Waals surface area contributed by atoms with Gasteiger partial charge in [-0.3, -0.25) is 4.79 Å². The highest BCUT2D eigenvalue weighted by Crippen LogP contribution is 2.28. The van der Waals surface area contributed by atoms with E-state index in [1.165, 1.54) is 6.33 Å². The number of nitrogens with zero attached hydrogens (tertiary/aromatic N) is 3. The van der Waals surface area contributed by atoms with Gasteiger partial charge in [0.05, 0.1) is 13.0 Å². The van der Waals surface area contributed by atoms with E-state index in [-0.39, 0.29) is 12.2 Å². The molecule has 20 heavy (non-hydrogen) atoms. The molecular weight excluding hydrogens is 272 g/mol. The Bertz CT molecular complexity index is 480. The van der Waals surface area contributed by atoms with Crippen molar-refractivity contribution in [3.05, 3.63) is 12.2 Å². The van der Waals surface area contributed by atoms with Gasteiger partial charge in [-0.15, -0.1) is 0 Å². The Kier molecular flexibility index (Phi) is 4.30. The van der Waals surface area contributed by atoms with Gasteiger partial charge >= 0.3 is 0 Å².